The van der Waals surface area contributed by atoms with Gasteiger partial charge in [0.05, 0.1) is 17.1 Å². The number of furan rings is 1. The van der Waals surface area contributed by atoms with Crippen LogP contribution in [0, 0.1) is 6.92 Å². The fourth-order valence-electron chi connectivity index (χ4n) is 2.87. The van der Waals surface area contributed by atoms with Crippen LogP contribution in [-0.2, 0) is 14.3 Å². The highest BCUT2D eigenvalue weighted by molar-refractivity contribution is 8.18. The first-order valence-corrected chi connectivity index (χ1v) is 10.5. The molecule has 3 rings (SSSR count). The standard InChI is InChI=1S/C22H21NO7S/c1-3-4-9-29-19(24)12-23-20(25)18(31-22(23)28)11-15-7-8-17(30-15)16-10-14(21(26)27)6-5-13(16)2/h5-8,10-11H,3-4,9,12H2,1-2H3,(H,26,27)/b18-11-. The van der Waals surface area contributed by atoms with E-state index >= 15 is 0 Å². The van der Waals surface area contributed by atoms with Gasteiger partial charge in [-0.2, -0.15) is 0 Å². The van der Waals surface area contributed by atoms with E-state index in [0.717, 1.165) is 16.9 Å². The van der Waals surface area contributed by atoms with Crippen LogP contribution in [0.25, 0.3) is 17.4 Å². The number of thioether (sulfide) groups is 1. The number of esters is 1. The summed E-state index contributed by atoms with van der Waals surface area (Å²) in [6.45, 7) is 3.60. The molecule has 2 heterocycles. The van der Waals surface area contributed by atoms with Crippen LogP contribution < -0.4 is 0 Å². The summed E-state index contributed by atoms with van der Waals surface area (Å²) in [5.74, 6) is -1.51. The minimum absolute atomic E-state index is 0.128. The third-order valence-corrected chi connectivity index (χ3v) is 5.48. The lowest BCUT2D eigenvalue weighted by Gasteiger charge is -2.11. The first-order chi connectivity index (χ1) is 14.8. The molecular formula is C22H21NO7S. The topological polar surface area (TPSA) is 114 Å². The number of aromatic carboxylic acids is 1. The molecule has 2 aromatic rings. The highest BCUT2D eigenvalue weighted by Crippen LogP contribution is 2.34. The molecule has 0 saturated carbocycles. The number of imide groups is 1. The van der Waals surface area contributed by atoms with Gasteiger partial charge >= 0.3 is 11.9 Å². The molecule has 1 aliphatic rings. The number of carbonyl (C=O) groups excluding carboxylic acids is 3. The summed E-state index contributed by atoms with van der Waals surface area (Å²) >= 11 is 0.715. The molecule has 0 bridgehead atoms. The van der Waals surface area contributed by atoms with E-state index < -0.39 is 29.6 Å². The third kappa shape index (κ3) is 5.24. The maximum Gasteiger partial charge on any atom is 0.335 e. The van der Waals surface area contributed by atoms with Gasteiger partial charge in [0.1, 0.15) is 18.1 Å². The summed E-state index contributed by atoms with van der Waals surface area (Å²) in [7, 11) is 0. The van der Waals surface area contributed by atoms with Crippen molar-refractivity contribution in [1.82, 2.24) is 4.90 Å². The highest BCUT2D eigenvalue weighted by atomic mass is 32.2. The summed E-state index contributed by atoms with van der Waals surface area (Å²) < 4.78 is 10.8. The number of ether oxygens (including phenoxy) is 1. The second-order valence-corrected chi connectivity index (χ2v) is 7.87. The number of rotatable bonds is 8. The number of benzene rings is 1. The van der Waals surface area contributed by atoms with Gasteiger partial charge in [0.2, 0.25) is 0 Å². The van der Waals surface area contributed by atoms with E-state index in [9.17, 15) is 24.3 Å². The molecule has 1 N–H and O–H groups in total. The number of unbranched alkanes of at least 4 members (excludes halogenated alkanes) is 1. The van der Waals surface area contributed by atoms with Crippen molar-refractivity contribution in [3.05, 3.63) is 52.1 Å². The molecule has 31 heavy (non-hydrogen) atoms. The predicted molar refractivity (Wildman–Crippen MR) is 114 cm³/mol. The second-order valence-electron chi connectivity index (χ2n) is 6.88. The lowest BCUT2D eigenvalue weighted by atomic mass is 10.0. The van der Waals surface area contributed by atoms with Gasteiger partial charge in [-0.1, -0.05) is 19.4 Å². The molecule has 1 aromatic heterocycles. The molecule has 0 unspecified atom stereocenters. The van der Waals surface area contributed by atoms with Crippen LogP contribution in [0.5, 0.6) is 0 Å². The third-order valence-electron chi connectivity index (χ3n) is 4.57. The van der Waals surface area contributed by atoms with Crippen LogP contribution in [0.1, 0.15) is 41.4 Å². The zero-order valence-corrected chi connectivity index (χ0v) is 17.9. The van der Waals surface area contributed by atoms with Gasteiger partial charge in [-0.25, -0.2) is 4.79 Å². The smallest absolute Gasteiger partial charge is 0.335 e. The van der Waals surface area contributed by atoms with Crippen LogP contribution in [0.3, 0.4) is 0 Å². The van der Waals surface area contributed by atoms with Crippen LogP contribution in [0.15, 0.2) is 39.7 Å². The molecule has 0 radical (unpaired) electrons. The van der Waals surface area contributed by atoms with E-state index in [-0.39, 0.29) is 17.1 Å². The van der Waals surface area contributed by atoms with Crippen molar-refractivity contribution in [2.45, 2.75) is 26.7 Å². The number of hydrogen-bond donors (Lipinski definition) is 1. The Bertz CT molecular complexity index is 1070. The Morgan fingerprint density at radius 1 is 1.23 bits per heavy atom. The SMILES string of the molecule is CCCCOC(=O)CN1C(=O)S/C(=C\c2ccc(-c3cc(C(=O)O)ccc3C)o2)C1=O. The molecule has 0 aliphatic carbocycles. The van der Waals surface area contributed by atoms with E-state index in [2.05, 4.69) is 0 Å². The van der Waals surface area contributed by atoms with Crippen LogP contribution in [0.4, 0.5) is 4.79 Å². The van der Waals surface area contributed by atoms with E-state index in [0.29, 0.717) is 35.3 Å². The van der Waals surface area contributed by atoms with Crippen molar-refractivity contribution < 1.29 is 33.4 Å². The van der Waals surface area contributed by atoms with Crippen molar-refractivity contribution in [2.75, 3.05) is 13.2 Å². The zero-order chi connectivity index (χ0) is 22.5. The van der Waals surface area contributed by atoms with Gasteiger partial charge in [-0.05, 0) is 54.9 Å². The van der Waals surface area contributed by atoms with Gasteiger partial charge < -0.3 is 14.3 Å². The Morgan fingerprint density at radius 2 is 2.00 bits per heavy atom. The van der Waals surface area contributed by atoms with Crippen LogP contribution in [-0.4, -0.2) is 46.2 Å². The number of carbonyl (C=O) groups is 4. The summed E-state index contributed by atoms with van der Waals surface area (Å²) in [6, 6.07) is 7.99. The van der Waals surface area contributed by atoms with Crippen molar-refractivity contribution >= 4 is 40.9 Å². The molecule has 1 aromatic carbocycles. The summed E-state index contributed by atoms with van der Waals surface area (Å²) in [4.78, 5) is 48.7. The van der Waals surface area contributed by atoms with Crippen molar-refractivity contribution in [3.8, 4) is 11.3 Å². The molecule has 1 saturated heterocycles. The van der Waals surface area contributed by atoms with E-state index in [4.69, 9.17) is 9.15 Å². The van der Waals surface area contributed by atoms with Crippen molar-refractivity contribution in [1.29, 1.82) is 0 Å². The average Bonchev–Trinajstić information content (AvgIpc) is 3.28. The largest absolute Gasteiger partial charge is 0.478 e. The Hall–Kier alpha value is -3.33. The lowest BCUT2D eigenvalue weighted by molar-refractivity contribution is -0.146. The second kappa shape index (κ2) is 9.65. The lowest BCUT2D eigenvalue weighted by Crippen LogP contribution is -2.34. The normalized spacial score (nSPS) is 15.0. The first-order valence-electron chi connectivity index (χ1n) is 9.65. The Morgan fingerprint density at radius 3 is 2.71 bits per heavy atom. The Labute approximate surface area is 182 Å². The summed E-state index contributed by atoms with van der Waals surface area (Å²) in [5.41, 5.74) is 1.57. The highest BCUT2D eigenvalue weighted by Gasteiger charge is 2.37. The maximum absolute atomic E-state index is 12.5. The van der Waals surface area contributed by atoms with Crippen LogP contribution in [0.2, 0.25) is 0 Å². The molecule has 162 valence electrons. The fourth-order valence-corrected chi connectivity index (χ4v) is 3.68. The quantitative estimate of drug-likeness (QED) is 0.364. The fraction of sp³-hybridized carbons (Fsp3) is 0.273. The van der Waals surface area contributed by atoms with Crippen LogP contribution >= 0.6 is 11.8 Å². The number of carboxylic acid groups (broad SMARTS) is 1. The summed E-state index contributed by atoms with van der Waals surface area (Å²) in [6.07, 6.45) is 3.00. The van der Waals surface area contributed by atoms with Crippen molar-refractivity contribution in [2.24, 2.45) is 0 Å². The van der Waals surface area contributed by atoms with Gasteiger partial charge in [-0.3, -0.25) is 19.3 Å². The molecular weight excluding hydrogens is 422 g/mol. The molecule has 9 heteroatoms. The number of aryl methyl sites for hydroxylation is 1. The Kier molecular flexibility index (Phi) is 6.96. The number of amides is 2. The van der Waals surface area contributed by atoms with Gasteiger partial charge in [0, 0.05) is 11.6 Å². The number of nitrogens with zero attached hydrogens (tertiary/aromatic N) is 1. The van der Waals surface area contributed by atoms with E-state index in [1.54, 1.807) is 18.2 Å². The van der Waals surface area contributed by atoms with Gasteiger partial charge in [0.15, 0.2) is 0 Å². The summed E-state index contributed by atoms with van der Waals surface area (Å²) in [5, 5.41) is 8.64. The molecule has 0 atom stereocenters. The van der Waals surface area contributed by atoms with Gasteiger partial charge in [-0.15, -0.1) is 0 Å². The molecule has 1 aliphatic heterocycles. The molecule has 8 nitrogen and oxygen atoms in total. The van der Waals surface area contributed by atoms with E-state index in [1.165, 1.54) is 18.2 Å². The zero-order valence-electron chi connectivity index (χ0n) is 17.0. The van der Waals surface area contributed by atoms with E-state index in [1.807, 2.05) is 13.8 Å². The first kappa shape index (κ1) is 22.4. The number of hydrogen-bond acceptors (Lipinski definition) is 7. The minimum Gasteiger partial charge on any atom is -0.478 e. The number of carboxylic acids is 1. The predicted octanol–water partition coefficient (Wildman–Crippen LogP) is 4.33. The minimum atomic E-state index is -1.05. The van der Waals surface area contributed by atoms with Crippen molar-refractivity contribution in [3.63, 3.8) is 0 Å². The molecule has 0 spiro atoms. The molecule has 2 amide bonds. The maximum atomic E-state index is 12.5. The molecule has 1 fully saturated rings. The Balaban J connectivity index is 1.75. The van der Waals surface area contributed by atoms with Gasteiger partial charge in [0.25, 0.3) is 11.1 Å². The average molecular weight is 443 g/mol. The monoisotopic (exact) mass is 443 g/mol.